The lowest BCUT2D eigenvalue weighted by atomic mass is 10.1. The molecule has 0 heterocycles. The van der Waals surface area contributed by atoms with Gasteiger partial charge in [0.2, 0.25) is 0 Å². The summed E-state index contributed by atoms with van der Waals surface area (Å²) in [5.74, 6) is 0. The average Bonchev–Trinajstić information content (AvgIpc) is 2.88. The second-order valence-corrected chi connectivity index (χ2v) is 6.09. The molecule has 1 aliphatic rings. The maximum atomic E-state index is 4.61. The number of hydrogen-bond donors (Lipinski definition) is 1. The van der Waals surface area contributed by atoms with Crippen LogP contribution in [0.15, 0.2) is 70.2 Å². The van der Waals surface area contributed by atoms with Crippen LogP contribution in [0.3, 0.4) is 0 Å². The van der Waals surface area contributed by atoms with E-state index in [2.05, 4.69) is 62.9 Å². The summed E-state index contributed by atoms with van der Waals surface area (Å²) in [4.78, 5) is 0. The highest BCUT2D eigenvalue weighted by Gasteiger charge is 2.19. The Labute approximate surface area is 131 Å². The molecule has 3 aromatic rings. The minimum absolute atomic E-state index is 0.889. The van der Waals surface area contributed by atoms with Crippen molar-refractivity contribution < 1.29 is 0 Å². The fourth-order valence-corrected chi connectivity index (χ4v) is 3.10. The number of halogens is 1. The highest BCUT2D eigenvalue weighted by molar-refractivity contribution is 9.10. The predicted octanol–water partition coefficient (Wildman–Crippen LogP) is 4.97. The van der Waals surface area contributed by atoms with Crippen molar-refractivity contribution >= 4 is 38.1 Å². The normalized spacial score (nSPS) is 14.8. The first-order chi connectivity index (χ1) is 10.3. The summed E-state index contributed by atoms with van der Waals surface area (Å²) < 4.78 is 1.07. The van der Waals surface area contributed by atoms with Gasteiger partial charge in [0.25, 0.3) is 0 Å². The summed E-state index contributed by atoms with van der Waals surface area (Å²) in [7, 11) is 0. The first kappa shape index (κ1) is 12.6. The largest absolute Gasteiger partial charge is 0.278 e. The highest BCUT2D eigenvalue weighted by Crippen LogP contribution is 2.31. The molecule has 4 rings (SSSR count). The Morgan fingerprint density at radius 2 is 1.67 bits per heavy atom. The quantitative estimate of drug-likeness (QED) is 0.656. The van der Waals surface area contributed by atoms with Gasteiger partial charge in [0.15, 0.2) is 0 Å². The Bertz CT molecular complexity index is 845. The zero-order valence-corrected chi connectivity index (χ0v) is 12.9. The van der Waals surface area contributed by atoms with Gasteiger partial charge in [0.05, 0.1) is 11.4 Å². The Hall–Kier alpha value is -2.13. The molecule has 0 atom stereocenters. The second kappa shape index (κ2) is 5.01. The van der Waals surface area contributed by atoms with Gasteiger partial charge in [-0.15, -0.1) is 0 Å². The van der Waals surface area contributed by atoms with E-state index in [0.717, 1.165) is 22.3 Å². The van der Waals surface area contributed by atoms with Crippen LogP contribution in [0.4, 0.5) is 5.69 Å². The number of rotatable bonds is 2. The lowest BCUT2D eigenvalue weighted by Gasteiger charge is -2.03. The molecule has 0 spiro atoms. The number of nitrogens with zero attached hydrogens (tertiary/aromatic N) is 1. The maximum Gasteiger partial charge on any atom is 0.0729 e. The first-order valence-electron chi connectivity index (χ1n) is 6.90. The molecule has 0 fully saturated rings. The summed E-state index contributed by atoms with van der Waals surface area (Å²) in [6.07, 6.45) is 0.889. The number of benzene rings is 3. The van der Waals surface area contributed by atoms with E-state index in [4.69, 9.17) is 0 Å². The third-order valence-electron chi connectivity index (χ3n) is 3.82. The van der Waals surface area contributed by atoms with Gasteiger partial charge in [-0.1, -0.05) is 52.3 Å². The van der Waals surface area contributed by atoms with Gasteiger partial charge < -0.3 is 0 Å². The van der Waals surface area contributed by atoms with E-state index in [1.807, 2.05) is 24.3 Å². The SMILES string of the molecule is Brc1ccc(NN=C2Cc3cccc4cccc2c34)cc1. The van der Waals surface area contributed by atoms with Gasteiger partial charge in [0, 0.05) is 16.5 Å². The Balaban J connectivity index is 1.71. The van der Waals surface area contributed by atoms with Crippen LogP contribution in [-0.4, -0.2) is 5.71 Å². The summed E-state index contributed by atoms with van der Waals surface area (Å²) in [5, 5.41) is 7.25. The number of anilines is 1. The summed E-state index contributed by atoms with van der Waals surface area (Å²) in [6.45, 7) is 0. The van der Waals surface area contributed by atoms with Crippen molar-refractivity contribution in [1.82, 2.24) is 0 Å². The van der Waals surface area contributed by atoms with E-state index in [1.165, 1.54) is 21.9 Å². The third kappa shape index (κ3) is 2.24. The van der Waals surface area contributed by atoms with Crippen molar-refractivity contribution in [1.29, 1.82) is 0 Å². The van der Waals surface area contributed by atoms with Gasteiger partial charge in [0.1, 0.15) is 0 Å². The molecule has 1 N–H and O–H groups in total. The standard InChI is InChI=1S/C18H13BrN2/c19-14-7-9-15(10-8-14)20-21-17-11-13-5-1-3-12-4-2-6-16(17)18(12)13/h1-10,20H,11H2. The van der Waals surface area contributed by atoms with Gasteiger partial charge in [-0.05, 0) is 40.6 Å². The fraction of sp³-hybridized carbons (Fsp3) is 0.0556. The molecular weight excluding hydrogens is 324 g/mol. The molecule has 0 saturated heterocycles. The van der Waals surface area contributed by atoms with E-state index in [-0.39, 0.29) is 0 Å². The predicted molar refractivity (Wildman–Crippen MR) is 92.0 cm³/mol. The van der Waals surface area contributed by atoms with Gasteiger partial charge in [-0.2, -0.15) is 5.10 Å². The van der Waals surface area contributed by atoms with E-state index in [0.29, 0.717) is 0 Å². The van der Waals surface area contributed by atoms with Crippen molar-refractivity contribution in [3.05, 3.63) is 76.3 Å². The Kier molecular flexibility index (Phi) is 3.00. The molecule has 0 amide bonds. The summed E-state index contributed by atoms with van der Waals surface area (Å²) in [6, 6.07) is 20.9. The maximum absolute atomic E-state index is 4.61. The van der Waals surface area contributed by atoms with Crippen molar-refractivity contribution in [2.75, 3.05) is 5.43 Å². The molecule has 0 radical (unpaired) electrons. The lowest BCUT2D eigenvalue weighted by molar-refractivity contribution is 1.28. The second-order valence-electron chi connectivity index (χ2n) is 5.17. The van der Waals surface area contributed by atoms with E-state index < -0.39 is 0 Å². The monoisotopic (exact) mass is 336 g/mol. The van der Waals surface area contributed by atoms with Crippen LogP contribution in [0.2, 0.25) is 0 Å². The molecular formula is C18H13BrN2. The van der Waals surface area contributed by atoms with Crippen molar-refractivity contribution in [3.63, 3.8) is 0 Å². The number of hydrogen-bond acceptors (Lipinski definition) is 2. The number of nitrogens with one attached hydrogen (secondary N) is 1. The van der Waals surface area contributed by atoms with Crippen molar-refractivity contribution in [3.8, 4) is 0 Å². The number of hydrazone groups is 1. The molecule has 0 saturated carbocycles. The van der Waals surface area contributed by atoms with Crippen LogP contribution in [0.1, 0.15) is 11.1 Å². The third-order valence-corrected chi connectivity index (χ3v) is 4.35. The minimum Gasteiger partial charge on any atom is -0.278 e. The molecule has 1 aliphatic carbocycles. The topological polar surface area (TPSA) is 24.4 Å². The summed E-state index contributed by atoms with van der Waals surface area (Å²) >= 11 is 3.44. The zero-order chi connectivity index (χ0) is 14.2. The lowest BCUT2D eigenvalue weighted by Crippen LogP contribution is -2.02. The zero-order valence-electron chi connectivity index (χ0n) is 11.3. The average molecular weight is 337 g/mol. The van der Waals surface area contributed by atoms with Crippen LogP contribution in [0.25, 0.3) is 10.8 Å². The van der Waals surface area contributed by atoms with Crippen LogP contribution in [-0.2, 0) is 6.42 Å². The molecule has 0 bridgehead atoms. The van der Waals surface area contributed by atoms with Gasteiger partial charge in [-0.3, -0.25) is 5.43 Å². The highest BCUT2D eigenvalue weighted by atomic mass is 79.9. The van der Waals surface area contributed by atoms with Crippen molar-refractivity contribution in [2.45, 2.75) is 6.42 Å². The Morgan fingerprint density at radius 1 is 0.905 bits per heavy atom. The molecule has 3 aromatic carbocycles. The van der Waals surface area contributed by atoms with Crippen LogP contribution < -0.4 is 5.43 Å². The molecule has 3 heteroatoms. The van der Waals surface area contributed by atoms with E-state index >= 15 is 0 Å². The molecule has 0 unspecified atom stereocenters. The van der Waals surface area contributed by atoms with E-state index in [9.17, 15) is 0 Å². The van der Waals surface area contributed by atoms with Crippen LogP contribution >= 0.6 is 15.9 Å². The van der Waals surface area contributed by atoms with Gasteiger partial charge in [-0.25, -0.2) is 0 Å². The Morgan fingerprint density at radius 3 is 2.48 bits per heavy atom. The molecule has 0 aromatic heterocycles. The summed E-state index contributed by atoms with van der Waals surface area (Å²) in [5.41, 5.74) is 7.86. The minimum atomic E-state index is 0.889. The van der Waals surface area contributed by atoms with Crippen LogP contribution in [0.5, 0.6) is 0 Å². The smallest absolute Gasteiger partial charge is 0.0729 e. The molecule has 2 nitrogen and oxygen atoms in total. The van der Waals surface area contributed by atoms with Crippen LogP contribution in [0, 0.1) is 0 Å². The van der Waals surface area contributed by atoms with Crippen molar-refractivity contribution in [2.24, 2.45) is 5.10 Å². The van der Waals surface area contributed by atoms with E-state index in [1.54, 1.807) is 0 Å². The fourth-order valence-electron chi connectivity index (χ4n) is 2.84. The molecule has 102 valence electrons. The first-order valence-corrected chi connectivity index (χ1v) is 7.70. The van der Waals surface area contributed by atoms with Gasteiger partial charge >= 0.3 is 0 Å². The molecule has 21 heavy (non-hydrogen) atoms. The molecule has 0 aliphatic heterocycles.